The van der Waals surface area contributed by atoms with Crippen molar-refractivity contribution in [2.45, 2.75) is 59.0 Å². The van der Waals surface area contributed by atoms with E-state index in [-0.39, 0.29) is 30.3 Å². The fourth-order valence-corrected chi connectivity index (χ4v) is 2.17. The van der Waals surface area contributed by atoms with Crippen LogP contribution < -0.4 is 0 Å². The van der Waals surface area contributed by atoms with Gasteiger partial charge in [0, 0.05) is 18.4 Å². The summed E-state index contributed by atoms with van der Waals surface area (Å²) in [6, 6.07) is 0. The average Bonchev–Trinajstić information content (AvgIpc) is 2.25. The summed E-state index contributed by atoms with van der Waals surface area (Å²) in [6.07, 6.45) is 1.48. The molecule has 15 heavy (non-hydrogen) atoms. The van der Waals surface area contributed by atoms with Crippen molar-refractivity contribution in [1.29, 1.82) is 0 Å². The molecule has 1 heterocycles. The van der Waals surface area contributed by atoms with E-state index in [1.54, 1.807) is 0 Å². The highest BCUT2D eigenvalue weighted by molar-refractivity contribution is 4.84. The fraction of sp³-hybridized carbons (Fsp3) is 1.00. The second-order valence-corrected chi connectivity index (χ2v) is 4.53. The van der Waals surface area contributed by atoms with Gasteiger partial charge in [-0.05, 0) is 12.8 Å². The van der Waals surface area contributed by atoms with E-state index in [2.05, 4.69) is 13.8 Å². The van der Waals surface area contributed by atoms with Crippen molar-refractivity contribution in [2.75, 3.05) is 6.61 Å². The van der Waals surface area contributed by atoms with Crippen LogP contribution in [-0.4, -0.2) is 30.2 Å². The van der Waals surface area contributed by atoms with E-state index in [0.717, 1.165) is 12.8 Å². The van der Waals surface area contributed by atoms with Crippen LogP contribution in [-0.2, 0) is 9.47 Å². The van der Waals surface area contributed by atoms with Crippen LogP contribution in [0.25, 0.3) is 0 Å². The van der Waals surface area contributed by atoms with Crippen LogP contribution in [0.5, 0.6) is 0 Å². The van der Waals surface area contributed by atoms with Gasteiger partial charge in [0.25, 0.3) is 0 Å². The molecule has 0 amide bonds. The highest BCUT2D eigenvalue weighted by atomic mass is 16.7. The van der Waals surface area contributed by atoms with Crippen LogP contribution in [0.3, 0.4) is 0 Å². The van der Waals surface area contributed by atoms with Gasteiger partial charge >= 0.3 is 0 Å². The lowest BCUT2D eigenvalue weighted by Gasteiger charge is -2.42. The van der Waals surface area contributed by atoms with Gasteiger partial charge < -0.3 is 14.6 Å². The van der Waals surface area contributed by atoms with E-state index in [1.807, 2.05) is 13.8 Å². The topological polar surface area (TPSA) is 38.7 Å². The minimum absolute atomic E-state index is 0.0642. The maximum Gasteiger partial charge on any atom is 0.162 e. The van der Waals surface area contributed by atoms with Crippen LogP contribution in [0.2, 0.25) is 0 Å². The van der Waals surface area contributed by atoms with Gasteiger partial charge in [0.1, 0.15) is 0 Å². The highest BCUT2D eigenvalue weighted by Crippen LogP contribution is 2.32. The number of aliphatic hydroxyl groups excluding tert-OH is 1. The van der Waals surface area contributed by atoms with Crippen molar-refractivity contribution in [2.24, 2.45) is 11.8 Å². The summed E-state index contributed by atoms with van der Waals surface area (Å²) in [5, 5.41) is 10.1. The van der Waals surface area contributed by atoms with Crippen LogP contribution in [0.1, 0.15) is 40.5 Å². The molecule has 1 N–H and O–H groups in total. The molecule has 1 saturated heterocycles. The summed E-state index contributed by atoms with van der Waals surface area (Å²) < 4.78 is 11.5. The summed E-state index contributed by atoms with van der Waals surface area (Å²) >= 11 is 0. The molecule has 0 bridgehead atoms. The molecule has 1 rings (SSSR count). The Morgan fingerprint density at radius 3 is 2.40 bits per heavy atom. The molecule has 0 aromatic carbocycles. The quantitative estimate of drug-likeness (QED) is 0.783. The maximum atomic E-state index is 10.1. The van der Waals surface area contributed by atoms with E-state index in [1.165, 1.54) is 0 Å². The van der Waals surface area contributed by atoms with Gasteiger partial charge in [0.15, 0.2) is 6.29 Å². The highest BCUT2D eigenvalue weighted by Gasteiger charge is 2.40. The molecule has 3 unspecified atom stereocenters. The average molecular weight is 216 g/mol. The van der Waals surface area contributed by atoms with Crippen molar-refractivity contribution in [3.8, 4) is 0 Å². The number of rotatable bonds is 4. The number of hydrogen-bond acceptors (Lipinski definition) is 3. The zero-order valence-electron chi connectivity index (χ0n) is 10.3. The summed E-state index contributed by atoms with van der Waals surface area (Å²) in [4.78, 5) is 0. The number of ether oxygens (including phenoxy) is 2. The smallest absolute Gasteiger partial charge is 0.162 e. The van der Waals surface area contributed by atoms with Crippen LogP contribution in [0.15, 0.2) is 0 Å². The first-order valence-corrected chi connectivity index (χ1v) is 6.06. The van der Waals surface area contributed by atoms with Crippen molar-refractivity contribution >= 4 is 0 Å². The monoisotopic (exact) mass is 216 g/mol. The molecule has 1 aliphatic heterocycles. The van der Waals surface area contributed by atoms with Crippen molar-refractivity contribution in [3.63, 3.8) is 0 Å². The molecule has 0 radical (unpaired) electrons. The Kier molecular flexibility index (Phi) is 5.03. The first-order valence-electron chi connectivity index (χ1n) is 6.06. The van der Waals surface area contributed by atoms with Crippen LogP contribution >= 0.6 is 0 Å². The van der Waals surface area contributed by atoms with Gasteiger partial charge in [0.2, 0.25) is 0 Å². The largest absolute Gasteiger partial charge is 0.392 e. The first-order chi connectivity index (χ1) is 7.11. The van der Waals surface area contributed by atoms with Gasteiger partial charge in [-0.3, -0.25) is 0 Å². The molecule has 0 saturated carbocycles. The third-order valence-electron chi connectivity index (χ3n) is 3.29. The molecule has 1 aliphatic rings. The Balaban J connectivity index is 2.57. The Labute approximate surface area is 92.8 Å². The standard InChI is InChI=1S/C12H24O3/c1-5-7-14-12-9(4)11(13)8(3)10(6-2)15-12/h8-13H,5-7H2,1-4H3/t8-,9?,10?,11?,12+/m0/s1. The fourth-order valence-electron chi connectivity index (χ4n) is 2.17. The third-order valence-corrected chi connectivity index (χ3v) is 3.29. The summed E-state index contributed by atoms with van der Waals surface area (Å²) in [6.45, 7) is 8.90. The van der Waals surface area contributed by atoms with E-state index >= 15 is 0 Å². The van der Waals surface area contributed by atoms with E-state index in [0.29, 0.717) is 6.61 Å². The lowest BCUT2D eigenvalue weighted by atomic mass is 9.85. The predicted molar refractivity (Wildman–Crippen MR) is 59.5 cm³/mol. The Morgan fingerprint density at radius 1 is 1.20 bits per heavy atom. The second kappa shape index (κ2) is 5.83. The van der Waals surface area contributed by atoms with Gasteiger partial charge in [-0.15, -0.1) is 0 Å². The van der Waals surface area contributed by atoms with Gasteiger partial charge in [0.05, 0.1) is 12.2 Å². The molecule has 5 atom stereocenters. The maximum absolute atomic E-state index is 10.1. The summed E-state index contributed by atoms with van der Waals surface area (Å²) in [7, 11) is 0. The molecule has 3 nitrogen and oxygen atoms in total. The zero-order valence-corrected chi connectivity index (χ0v) is 10.3. The van der Waals surface area contributed by atoms with Gasteiger partial charge in [-0.25, -0.2) is 0 Å². The molecule has 0 aromatic rings. The second-order valence-electron chi connectivity index (χ2n) is 4.53. The first kappa shape index (κ1) is 12.9. The van der Waals surface area contributed by atoms with E-state index in [9.17, 15) is 5.11 Å². The van der Waals surface area contributed by atoms with E-state index in [4.69, 9.17) is 9.47 Å². The Bertz CT molecular complexity index is 182. The number of hydrogen-bond donors (Lipinski definition) is 1. The van der Waals surface area contributed by atoms with Crippen LogP contribution in [0.4, 0.5) is 0 Å². The Hall–Kier alpha value is -0.120. The van der Waals surface area contributed by atoms with Crippen molar-refractivity contribution in [1.82, 2.24) is 0 Å². The lowest BCUT2D eigenvalue weighted by Crippen LogP contribution is -2.49. The lowest BCUT2D eigenvalue weighted by molar-refractivity contribution is -0.261. The van der Waals surface area contributed by atoms with Crippen molar-refractivity contribution in [3.05, 3.63) is 0 Å². The van der Waals surface area contributed by atoms with E-state index < -0.39 is 0 Å². The summed E-state index contributed by atoms with van der Waals surface area (Å²) in [5.74, 6) is 0.265. The summed E-state index contributed by atoms with van der Waals surface area (Å²) in [5.41, 5.74) is 0. The van der Waals surface area contributed by atoms with Gasteiger partial charge in [-0.2, -0.15) is 0 Å². The zero-order chi connectivity index (χ0) is 11.4. The molecule has 0 aromatic heterocycles. The molecule has 3 heteroatoms. The molecule has 0 spiro atoms. The minimum atomic E-state index is -0.314. The van der Waals surface area contributed by atoms with Crippen molar-refractivity contribution < 1.29 is 14.6 Å². The third kappa shape index (κ3) is 2.92. The number of aliphatic hydroxyl groups is 1. The SMILES string of the molecule is CCCO[C@@H]1OC(CC)[C@H](C)C(O)C1C. The van der Waals surface area contributed by atoms with Gasteiger partial charge in [-0.1, -0.05) is 27.7 Å². The molecule has 1 fully saturated rings. The minimum Gasteiger partial charge on any atom is -0.392 e. The normalized spacial score (nSPS) is 41.8. The molecular weight excluding hydrogens is 192 g/mol. The predicted octanol–water partition coefficient (Wildman–Crippen LogP) is 2.18. The Morgan fingerprint density at radius 2 is 1.87 bits per heavy atom. The van der Waals surface area contributed by atoms with Crippen LogP contribution in [0, 0.1) is 11.8 Å². The molecule has 0 aliphatic carbocycles. The molecule has 90 valence electrons. The molecular formula is C12H24O3.